The van der Waals surface area contributed by atoms with Crippen LogP contribution >= 0.6 is 11.3 Å². The number of benzene rings is 2. The Morgan fingerprint density at radius 3 is 2.18 bits per heavy atom. The van der Waals surface area contributed by atoms with Crippen molar-refractivity contribution in [2.45, 2.75) is 26.1 Å². The second-order valence-electron chi connectivity index (χ2n) is 6.16. The zero-order valence-corrected chi connectivity index (χ0v) is 15.6. The Hall–Kier alpha value is -2.87. The molecular weight excluding hydrogens is 391 g/mol. The highest BCUT2D eigenvalue weighted by atomic mass is 32.1. The fraction of sp³-hybridized carbons (Fsp3) is 0.200. The van der Waals surface area contributed by atoms with E-state index < -0.39 is 17.7 Å². The van der Waals surface area contributed by atoms with Gasteiger partial charge in [0.2, 0.25) is 0 Å². The number of aryl methyl sites for hydroxylation is 1. The molecule has 0 atom stereocenters. The number of halogens is 3. The fourth-order valence-corrected chi connectivity index (χ4v) is 3.85. The van der Waals surface area contributed by atoms with Crippen molar-refractivity contribution in [2.75, 3.05) is 0 Å². The summed E-state index contributed by atoms with van der Waals surface area (Å²) in [4.78, 5) is 24.2. The van der Waals surface area contributed by atoms with Crippen molar-refractivity contribution in [1.29, 1.82) is 0 Å². The van der Waals surface area contributed by atoms with Gasteiger partial charge in [-0.25, -0.2) is 4.79 Å². The molecule has 0 aliphatic carbocycles. The standard InChI is InChI=1S/C20H16F3NO3S/c1-2-16-17(13-5-7-14(8-6-13)18(25)26)24(19(27)28-16)11-12-3-9-15(10-4-12)20(21,22)23/h3-10H,2,11H2,1H3,(H,25,26). The molecule has 3 rings (SSSR count). The number of alkyl halides is 3. The monoisotopic (exact) mass is 407 g/mol. The number of hydrogen-bond acceptors (Lipinski definition) is 3. The van der Waals surface area contributed by atoms with Crippen molar-refractivity contribution in [3.63, 3.8) is 0 Å². The molecule has 3 aromatic rings. The summed E-state index contributed by atoms with van der Waals surface area (Å²) in [6.45, 7) is 2.03. The van der Waals surface area contributed by atoms with E-state index in [9.17, 15) is 22.8 Å². The number of thiazole rings is 1. The molecule has 0 bridgehead atoms. The van der Waals surface area contributed by atoms with Crippen LogP contribution in [-0.4, -0.2) is 15.6 Å². The summed E-state index contributed by atoms with van der Waals surface area (Å²) in [5, 5.41) is 9.05. The SMILES string of the molecule is CCc1sc(=O)n(Cc2ccc(C(F)(F)F)cc2)c1-c1ccc(C(=O)O)cc1. The highest BCUT2D eigenvalue weighted by Gasteiger charge is 2.30. The molecule has 0 saturated carbocycles. The van der Waals surface area contributed by atoms with Crippen LogP contribution in [0.25, 0.3) is 11.3 Å². The molecule has 0 aliphatic rings. The molecule has 0 aliphatic heterocycles. The third-order valence-electron chi connectivity index (χ3n) is 4.31. The molecule has 146 valence electrons. The number of nitrogens with zero attached hydrogens (tertiary/aromatic N) is 1. The highest BCUT2D eigenvalue weighted by molar-refractivity contribution is 7.09. The van der Waals surface area contributed by atoms with Crippen molar-refractivity contribution in [1.82, 2.24) is 4.57 Å². The molecule has 0 spiro atoms. The van der Waals surface area contributed by atoms with Gasteiger partial charge in [-0.05, 0) is 41.8 Å². The summed E-state index contributed by atoms with van der Waals surface area (Å²) >= 11 is 1.08. The Bertz CT molecular complexity index is 1050. The minimum atomic E-state index is -4.41. The number of carbonyl (C=O) groups is 1. The van der Waals surface area contributed by atoms with Crippen molar-refractivity contribution in [3.05, 3.63) is 79.8 Å². The first kappa shape index (κ1) is 19.9. The summed E-state index contributed by atoms with van der Waals surface area (Å²) < 4.78 is 39.7. The van der Waals surface area contributed by atoms with Gasteiger partial charge in [0.1, 0.15) is 0 Å². The van der Waals surface area contributed by atoms with Crippen molar-refractivity contribution < 1.29 is 23.1 Å². The summed E-state index contributed by atoms with van der Waals surface area (Å²) in [5.74, 6) is -1.05. The molecule has 2 aromatic carbocycles. The predicted molar refractivity (Wildman–Crippen MR) is 101 cm³/mol. The van der Waals surface area contributed by atoms with Gasteiger partial charge in [-0.3, -0.25) is 9.36 Å². The summed E-state index contributed by atoms with van der Waals surface area (Å²) in [5.41, 5.74) is 1.31. The molecule has 28 heavy (non-hydrogen) atoms. The Morgan fingerprint density at radius 1 is 1.07 bits per heavy atom. The number of carboxylic acids is 1. The average molecular weight is 407 g/mol. The van der Waals surface area contributed by atoms with Crippen LogP contribution in [0.15, 0.2) is 53.3 Å². The lowest BCUT2D eigenvalue weighted by atomic mass is 10.1. The van der Waals surface area contributed by atoms with Crippen molar-refractivity contribution in [3.8, 4) is 11.3 Å². The first-order chi connectivity index (χ1) is 13.2. The minimum absolute atomic E-state index is 0.128. The van der Waals surface area contributed by atoms with E-state index in [0.29, 0.717) is 23.2 Å². The molecule has 1 heterocycles. The zero-order valence-electron chi connectivity index (χ0n) is 14.8. The second-order valence-corrected chi connectivity index (χ2v) is 7.20. The van der Waals surface area contributed by atoms with Crippen LogP contribution in [0, 0.1) is 0 Å². The van der Waals surface area contributed by atoms with Gasteiger partial charge in [-0.1, -0.05) is 42.5 Å². The van der Waals surface area contributed by atoms with Gasteiger partial charge in [-0.2, -0.15) is 13.2 Å². The first-order valence-corrected chi connectivity index (χ1v) is 9.24. The predicted octanol–water partition coefficient (Wildman–Crippen LogP) is 4.90. The van der Waals surface area contributed by atoms with E-state index in [1.165, 1.54) is 28.8 Å². The first-order valence-electron chi connectivity index (χ1n) is 8.43. The third kappa shape index (κ3) is 4.01. The van der Waals surface area contributed by atoms with Gasteiger partial charge in [0.25, 0.3) is 0 Å². The third-order valence-corrected chi connectivity index (χ3v) is 5.44. The average Bonchev–Trinajstić information content (AvgIpc) is 2.97. The lowest BCUT2D eigenvalue weighted by molar-refractivity contribution is -0.137. The van der Waals surface area contributed by atoms with Gasteiger partial charge >= 0.3 is 17.0 Å². The number of rotatable bonds is 5. The van der Waals surface area contributed by atoms with Crippen LogP contribution in [-0.2, 0) is 19.1 Å². The molecule has 8 heteroatoms. The number of aromatic carboxylic acids is 1. The van der Waals surface area contributed by atoms with Gasteiger partial charge < -0.3 is 5.11 Å². The van der Waals surface area contributed by atoms with Gasteiger partial charge in [-0.15, -0.1) is 0 Å². The van der Waals surface area contributed by atoms with Crippen LogP contribution in [0.4, 0.5) is 13.2 Å². The topological polar surface area (TPSA) is 59.3 Å². The smallest absolute Gasteiger partial charge is 0.416 e. The van der Waals surface area contributed by atoms with Crippen molar-refractivity contribution >= 4 is 17.3 Å². The van der Waals surface area contributed by atoms with Gasteiger partial charge in [0, 0.05) is 4.88 Å². The molecule has 0 unspecified atom stereocenters. The molecular formula is C20H16F3NO3S. The van der Waals surface area contributed by atoms with Crippen LogP contribution in [0.2, 0.25) is 0 Å². The lowest BCUT2D eigenvalue weighted by Gasteiger charge is -2.12. The summed E-state index contributed by atoms with van der Waals surface area (Å²) in [6, 6.07) is 10.9. The van der Waals surface area contributed by atoms with E-state index in [1.54, 1.807) is 12.1 Å². The highest BCUT2D eigenvalue weighted by Crippen LogP contribution is 2.30. The zero-order chi connectivity index (χ0) is 20.5. The van der Waals surface area contributed by atoms with E-state index in [1.807, 2.05) is 6.92 Å². The molecule has 0 saturated heterocycles. The Kier molecular flexibility index (Phi) is 5.42. The second kappa shape index (κ2) is 7.63. The molecule has 0 fully saturated rings. The molecule has 0 amide bonds. The molecule has 1 aromatic heterocycles. The Balaban J connectivity index is 2.01. The summed E-state index contributed by atoms with van der Waals surface area (Å²) in [7, 11) is 0. The lowest BCUT2D eigenvalue weighted by Crippen LogP contribution is -2.15. The van der Waals surface area contributed by atoms with Crippen LogP contribution in [0.5, 0.6) is 0 Å². The maximum Gasteiger partial charge on any atom is 0.416 e. The molecule has 0 radical (unpaired) electrons. The number of aromatic nitrogens is 1. The maximum atomic E-state index is 12.7. The van der Waals surface area contributed by atoms with E-state index >= 15 is 0 Å². The number of carboxylic acid groups (broad SMARTS) is 1. The Morgan fingerprint density at radius 2 is 1.68 bits per heavy atom. The van der Waals surface area contributed by atoms with E-state index in [2.05, 4.69) is 0 Å². The summed E-state index contributed by atoms with van der Waals surface area (Å²) in [6.07, 6.45) is -3.81. The van der Waals surface area contributed by atoms with Crippen LogP contribution < -0.4 is 4.87 Å². The van der Waals surface area contributed by atoms with Gasteiger partial charge in [0.05, 0.1) is 23.4 Å². The fourth-order valence-electron chi connectivity index (χ4n) is 2.90. The quantitative estimate of drug-likeness (QED) is 0.654. The van der Waals surface area contributed by atoms with Crippen molar-refractivity contribution in [2.24, 2.45) is 0 Å². The molecule has 1 N–H and O–H groups in total. The maximum absolute atomic E-state index is 12.7. The normalized spacial score (nSPS) is 11.6. The Labute approximate surface area is 162 Å². The van der Waals surface area contributed by atoms with E-state index in [0.717, 1.165) is 28.3 Å². The minimum Gasteiger partial charge on any atom is -0.478 e. The largest absolute Gasteiger partial charge is 0.478 e. The van der Waals surface area contributed by atoms with Gasteiger partial charge in [0.15, 0.2) is 0 Å². The number of hydrogen-bond donors (Lipinski definition) is 1. The van der Waals surface area contributed by atoms with Crippen LogP contribution in [0.3, 0.4) is 0 Å². The van der Waals surface area contributed by atoms with E-state index in [-0.39, 0.29) is 17.0 Å². The molecule has 4 nitrogen and oxygen atoms in total. The van der Waals surface area contributed by atoms with E-state index in [4.69, 9.17) is 5.11 Å². The van der Waals surface area contributed by atoms with Crippen LogP contribution in [0.1, 0.15) is 33.3 Å².